The first-order chi connectivity index (χ1) is 16.8. The number of aryl methyl sites for hydroxylation is 1. The average Bonchev–Trinajstić information content (AvgIpc) is 2.85. The standard InChI is InChI=1S/C29H24ClNO4/c1-17-7-9-19(10-8-17)22-16-27(33)31(24-13-20(29(34)35)11-12-23(24)30)25-14-21(15-26(32)28(22)25)18-5-3-2-4-6-18/h2-13,21-22H,14-16H2,1H3,(H,34,35). The molecule has 35 heavy (non-hydrogen) atoms. The van der Waals surface area contributed by atoms with Crippen LogP contribution in [0.2, 0.25) is 5.02 Å². The Morgan fingerprint density at radius 3 is 2.31 bits per heavy atom. The van der Waals surface area contributed by atoms with Gasteiger partial charge in [0.15, 0.2) is 5.78 Å². The highest BCUT2D eigenvalue weighted by atomic mass is 35.5. The zero-order chi connectivity index (χ0) is 24.7. The lowest BCUT2D eigenvalue weighted by molar-refractivity contribution is -0.120. The first-order valence-electron chi connectivity index (χ1n) is 11.6. The summed E-state index contributed by atoms with van der Waals surface area (Å²) < 4.78 is 0. The van der Waals surface area contributed by atoms with Gasteiger partial charge in [0.05, 0.1) is 16.3 Å². The third kappa shape index (κ3) is 4.28. The van der Waals surface area contributed by atoms with Crippen molar-refractivity contribution in [1.82, 2.24) is 0 Å². The van der Waals surface area contributed by atoms with E-state index in [4.69, 9.17) is 11.6 Å². The number of halogens is 1. The molecule has 2 unspecified atom stereocenters. The van der Waals surface area contributed by atoms with E-state index in [-0.39, 0.29) is 40.5 Å². The minimum atomic E-state index is -1.11. The number of allylic oxidation sites excluding steroid dienone is 2. The molecule has 0 saturated carbocycles. The molecule has 0 fully saturated rings. The van der Waals surface area contributed by atoms with Crippen molar-refractivity contribution in [2.45, 2.75) is 38.0 Å². The van der Waals surface area contributed by atoms with Crippen LogP contribution in [0.5, 0.6) is 0 Å². The van der Waals surface area contributed by atoms with Crippen LogP contribution < -0.4 is 4.90 Å². The van der Waals surface area contributed by atoms with E-state index in [0.717, 1.165) is 16.7 Å². The van der Waals surface area contributed by atoms with Crippen molar-refractivity contribution in [3.63, 3.8) is 0 Å². The zero-order valence-electron chi connectivity index (χ0n) is 19.2. The van der Waals surface area contributed by atoms with Gasteiger partial charge in [-0.05, 0) is 48.6 Å². The van der Waals surface area contributed by atoms with Gasteiger partial charge in [-0.3, -0.25) is 14.5 Å². The number of carbonyl (C=O) groups is 3. The molecule has 5 rings (SSSR count). The van der Waals surface area contributed by atoms with Gasteiger partial charge in [-0.15, -0.1) is 0 Å². The number of rotatable bonds is 4. The fraction of sp³-hybridized carbons (Fsp3) is 0.207. The van der Waals surface area contributed by atoms with Gasteiger partial charge in [0.25, 0.3) is 0 Å². The molecule has 1 aliphatic heterocycles. The lowest BCUT2D eigenvalue weighted by Crippen LogP contribution is -2.42. The van der Waals surface area contributed by atoms with Crippen molar-refractivity contribution in [3.8, 4) is 0 Å². The van der Waals surface area contributed by atoms with Crippen LogP contribution in [0.15, 0.2) is 84.1 Å². The van der Waals surface area contributed by atoms with E-state index in [0.29, 0.717) is 29.8 Å². The van der Waals surface area contributed by atoms with Crippen LogP contribution in [-0.4, -0.2) is 22.8 Å². The number of anilines is 1. The number of hydrogen-bond acceptors (Lipinski definition) is 3. The molecule has 0 saturated heterocycles. The molecule has 6 heteroatoms. The number of benzene rings is 3. The number of nitrogens with zero attached hydrogens (tertiary/aromatic N) is 1. The Kier molecular flexibility index (Phi) is 6.03. The maximum Gasteiger partial charge on any atom is 0.335 e. The maximum absolute atomic E-state index is 13.7. The van der Waals surface area contributed by atoms with Crippen molar-refractivity contribution >= 4 is 34.9 Å². The Hall–Kier alpha value is -3.70. The Labute approximate surface area is 208 Å². The monoisotopic (exact) mass is 485 g/mol. The number of amides is 1. The summed E-state index contributed by atoms with van der Waals surface area (Å²) in [5, 5.41) is 9.79. The number of carbonyl (C=O) groups excluding carboxylic acids is 2. The molecule has 5 nitrogen and oxygen atoms in total. The molecular weight excluding hydrogens is 462 g/mol. The van der Waals surface area contributed by atoms with E-state index >= 15 is 0 Å². The van der Waals surface area contributed by atoms with Gasteiger partial charge in [0.1, 0.15) is 0 Å². The summed E-state index contributed by atoms with van der Waals surface area (Å²) >= 11 is 6.50. The Balaban J connectivity index is 1.69. The van der Waals surface area contributed by atoms with Crippen molar-refractivity contribution < 1.29 is 19.5 Å². The summed E-state index contributed by atoms with van der Waals surface area (Å²) in [6, 6.07) is 22.0. The predicted octanol–water partition coefficient (Wildman–Crippen LogP) is 6.27. The van der Waals surface area contributed by atoms with Crippen LogP contribution in [0.25, 0.3) is 0 Å². The summed E-state index contributed by atoms with van der Waals surface area (Å²) in [6.07, 6.45) is 0.945. The summed E-state index contributed by atoms with van der Waals surface area (Å²) in [5.74, 6) is -1.74. The topological polar surface area (TPSA) is 74.7 Å². The first-order valence-corrected chi connectivity index (χ1v) is 11.9. The minimum absolute atomic E-state index is 0.00805. The van der Waals surface area contributed by atoms with Crippen molar-refractivity contribution in [1.29, 1.82) is 0 Å². The van der Waals surface area contributed by atoms with Gasteiger partial charge >= 0.3 is 5.97 Å². The van der Waals surface area contributed by atoms with Crippen LogP contribution in [0.4, 0.5) is 5.69 Å². The molecule has 3 aromatic rings. The molecule has 2 aliphatic rings. The highest BCUT2D eigenvalue weighted by Gasteiger charge is 2.43. The van der Waals surface area contributed by atoms with Crippen LogP contribution in [0.1, 0.15) is 58.1 Å². The summed E-state index contributed by atoms with van der Waals surface area (Å²) in [5.41, 5.74) is 4.62. The molecule has 1 heterocycles. The fourth-order valence-electron chi connectivity index (χ4n) is 5.18. The Bertz CT molecular complexity index is 1360. The second-order valence-electron chi connectivity index (χ2n) is 9.17. The number of carboxylic acid groups (broad SMARTS) is 1. The van der Waals surface area contributed by atoms with Crippen LogP contribution in [0, 0.1) is 6.92 Å². The molecule has 1 amide bonds. The summed E-state index contributed by atoms with van der Waals surface area (Å²) in [4.78, 5) is 40.5. The largest absolute Gasteiger partial charge is 0.478 e. The molecule has 3 aromatic carbocycles. The SMILES string of the molecule is Cc1ccc(C2CC(=O)N(c3cc(C(=O)O)ccc3Cl)C3=C2C(=O)CC(c2ccccc2)C3)cc1. The van der Waals surface area contributed by atoms with Gasteiger partial charge in [0, 0.05) is 30.0 Å². The van der Waals surface area contributed by atoms with E-state index in [1.807, 2.05) is 61.5 Å². The summed E-state index contributed by atoms with van der Waals surface area (Å²) in [7, 11) is 0. The van der Waals surface area contributed by atoms with E-state index in [2.05, 4.69) is 0 Å². The van der Waals surface area contributed by atoms with Gasteiger partial charge in [-0.2, -0.15) is 0 Å². The first kappa shape index (κ1) is 23.1. The van der Waals surface area contributed by atoms with Gasteiger partial charge in [0.2, 0.25) is 5.91 Å². The highest BCUT2D eigenvalue weighted by Crippen LogP contribution is 2.48. The van der Waals surface area contributed by atoms with Crippen LogP contribution >= 0.6 is 11.6 Å². The van der Waals surface area contributed by atoms with Gasteiger partial charge < -0.3 is 5.11 Å². The summed E-state index contributed by atoms with van der Waals surface area (Å²) in [6.45, 7) is 2.00. The fourth-order valence-corrected chi connectivity index (χ4v) is 5.38. The van der Waals surface area contributed by atoms with E-state index < -0.39 is 5.97 Å². The molecule has 0 spiro atoms. The molecule has 1 aliphatic carbocycles. The minimum Gasteiger partial charge on any atom is -0.478 e. The second kappa shape index (κ2) is 9.16. The number of ketones is 1. The van der Waals surface area contributed by atoms with Crippen molar-refractivity contribution in [2.75, 3.05) is 4.90 Å². The van der Waals surface area contributed by atoms with Gasteiger partial charge in [-0.25, -0.2) is 4.79 Å². The molecule has 2 atom stereocenters. The predicted molar refractivity (Wildman–Crippen MR) is 135 cm³/mol. The van der Waals surface area contributed by atoms with E-state index in [1.165, 1.54) is 23.1 Å². The van der Waals surface area contributed by atoms with E-state index in [9.17, 15) is 19.5 Å². The average molecular weight is 486 g/mol. The molecule has 1 N–H and O–H groups in total. The Morgan fingerprint density at radius 1 is 0.914 bits per heavy atom. The third-order valence-corrected chi connectivity index (χ3v) is 7.23. The lowest BCUT2D eigenvalue weighted by atomic mass is 9.72. The van der Waals surface area contributed by atoms with Crippen molar-refractivity contribution in [3.05, 3.63) is 111 Å². The number of Topliss-reactive ketones (excluding diaryl/α,β-unsaturated/α-hetero) is 1. The van der Waals surface area contributed by atoms with Gasteiger partial charge in [-0.1, -0.05) is 71.8 Å². The quantitative estimate of drug-likeness (QED) is 0.472. The molecule has 176 valence electrons. The Morgan fingerprint density at radius 2 is 1.63 bits per heavy atom. The van der Waals surface area contributed by atoms with Crippen LogP contribution in [-0.2, 0) is 9.59 Å². The molecular formula is C29H24ClNO4. The third-order valence-electron chi connectivity index (χ3n) is 6.91. The number of hydrogen-bond donors (Lipinski definition) is 1. The number of aromatic carboxylic acids is 1. The molecule has 0 bridgehead atoms. The lowest BCUT2D eigenvalue weighted by Gasteiger charge is -2.41. The zero-order valence-corrected chi connectivity index (χ0v) is 20.0. The van der Waals surface area contributed by atoms with E-state index in [1.54, 1.807) is 0 Å². The second-order valence-corrected chi connectivity index (χ2v) is 9.57. The smallest absolute Gasteiger partial charge is 0.335 e. The van der Waals surface area contributed by atoms with Crippen molar-refractivity contribution in [2.24, 2.45) is 0 Å². The van der Waals surface area contributed by atoms with Crippen LogP contribution in [0.3, 0.4) is 0 Å². The molecule has 0 aromatic heterocycles. The number of carboxylic acids is 1. The highest BCUT2D eigenvalue weighted by molar-refractivity contribution is 6.34. The molecule has 0 radical (unpaired) electrons. The normalized spacial score (nSPS) is 20.1. The maximum atomic E-state index is 13.7.